The van der Waals surface area contributed by atoms with Crippen molar-refractivity contribution in [2.24, 2.45) is 0 Å². The van der Waals surface area contributed by atoms with E-state index in [1.165, 1.54) is 12.8 Å². The van der Waals surface area contributed by atoms with E-state index in [1.807, 2.05) is 32.9 Å². The first-order valence-electron chi connectivity index (χ1n) is 8.57. The molecule has 130 valence electrons. The van der Waals surface area contributed by atoms with Gasteiger partial charge in [-0.05, 0) is 63.8 Å². The second-order valence-electron chi connectivity index (χ2n) is 6.89. The molecule has 0 amide bonds. The molecule has 1 aliphatic rings. The van der Waals surface area contributed by atoms with Crippen LogP contribution in [0, 0.1) is 20.8 Å². The monoisotopic (exact) mass is 339 g/mol. The molecule has 6 heteroatoms. The van der Waals surface area contributed by atoms with Crippen LogP contribution in [0.4, 0.5) is 0 Å². The summed E-state index contributed by atoms with van der Waals surface area (Å²) in [6.07, 6.45) is 2.04. The van der Waals surface area contributed by atoms with Crippen molar-refractivity contribution in [2.45, 2.75) is 52.6 Å². The molecule has 1 unspecified atom stereocenters. The highest BCUT2D eigenvalue weighted by molar-refractivity contribution is 5.88. The van der Waals surface area contributed by atoms with E-state index >= 15 is 0 Å². The molecular weight excluding hydrogens is 318 g/mol. The average molecular weight is 339 g/mol. The zero-order valence-corrected chi connectivity index (χ0v) is 14.8. The number of nitrogens with zero attached hydrogens (tertiary/aromatic N) is 2. The first kappa shape index (κ1) is 15.9. The Labute approximate surface area is 145 Å². The molecule has 0 aliphatic heterocycles. The summed E-state index contributed by atoms with van der Waals surface area (Å²) in [4.78, 5) is 16.5. The summed E-state index contributed by atoms with van der Waals surface area (Å²) in [7, 11) is 0. The molecule has 3 aromatic rings. The number of H-pyrrole nitrogens is 1. The number of fused-ring (bicyclic) bond motifs is 1. The number of benzene rings is 1. The van der Waals surface area contributed by atoms with Crippen LogP contribution in [0.2, 0.25) is 0 Å². The molecule has 2 heterocycles. The van der Waals surface area contributed by atoms with Crippen LogP contribution < -0.4 is 10.4 Å². The fraction of sp³-hybridized carbons (Fsp3) is 0.421. The van der Waals surface area contributed by atoms with E-state index in [4.69, 9.17) is 9.15 Å². The predicted molar refractivity (Wildman–Crippen MR) is 94.1 cm³/mol. The Morgan fingerprint density at radius 2 is 2.00 bits per heavy atom. The quantitative estimate of drug-likeness (QED) is 0.730. The number of nitrogens with one attached hydrogen (secondary N) is 1. The molecule has 1 aromatic carbocycles. The Morgan fingerprint density at radius 1 is 1.24 bits per heavy atom. The highest BCUT2D eigenvalue weighted by Crippen LogP contribution is 2.38. The summed E-state index contributed by atoms with van der Waals surface area (Å²) in [5.74, 6) is 2.79. The van der Waals surface area contributed by atoms with E-state index in [2.05, 4.69) is 15.2 Å². The van der Waals surface area contributed by atoms with Crippen LogP contribution in [-0.4, -0.2) is 15.2 Å². The number of hydrogen-bond donors (Lipinski definition) is 1. The topological polar surface area (TPSA) is 81.0 Å². The Kier molecular flexibility index (Phi) is 3.63. The van der Waals surface area contributed by atoms with Crippen molar-refractivity contribution in [1.82, 2.24) is 15.2 Å². The number of aromatic amines is 1. The van der Waals surface area contributed by atoms with Crippen LogP contribution in [0.5, 0.6) is 5.75 Å². The fourth-order valence-corrected chi connectivity index (χ4v) is 3.03. The molecule has 1 saturated carbocycles. The Bertz CT molecular complexity index is 1010. The minimum atomic E-state index is -0.308. The van der Waals surface area contributed by atoms with Gasteiger partial charge in [0.25, 0.3) is 0 Å². The van der Waals surface area contributed by atoms with Crippen molar-refractivity contribution >= 4 is 11.0 Å². The molecule has 1 fully saturated rings. The zero-order valence-electron chi connectivity index (χ0n) is 14.8. The molecule has 6 nitrogen and oxygen atoms in total. The average Bonchev–Trinajstić information content (AvgIpc) is 3.29. The molecule has 1 N–H and O–H groups in total. The van der Waals surface area contributed by atoms with E-state index in [0.717, 1.165) is 22.3 Å². The normalized spacial score (nSPS) is 15.5. The zero-order chi connectivity index (χ0) is 17.7. The molecule has 4 rings (SSSR count). The number of aromatic nitrogens is 3. The lowest BCUT2D eigenvalue weighted by Gasteiger charge is -2.16. The standard InChI is InChI=1S/C19H21N3O3/c1-9-7-14(16-10(2)11(3)19(23)25-15(16)8-9)24-12(4)17-20-18(22-21-17)13-5-6-13/h7-8,12-13H,5-6H2,1-4H3,(H,20,21,22). The van der Waals surface area contributed by atoms with Crippen LogP contribution in [0.3, 0.4) is 0 Å². The van der Waals surface area contributed by atoms with E-state index < -0.39 is 0 Å². The molecule has 2 aromatic heterocycles. The number of aryl methyl sites for hydroxylation is 2. The minimum absolute atomic E-state index is 0.305. The predicted octanol–water partition coefficient (Wildman–Crippen LogP) is 3.85. The minimum Gasteiger partial charge on any atom is -0.482 e. The number of rotatable bonds is 4. The highest BCUT2D eigenvalue weighted by Gasteiger charge is 2.28. The Morgan fingerprint density at radius 3 is 2.72 bits per heavy atom. The first-order chi connectivity index (χ1) is 11.9. The highest BCUT2D eigenvalue weighted by atomic mass is 16.5. The van der Waals surface area contributed by atoms with Crippen molar-refractivity contribution in [3.05, 3.63) is 50.9 Å². The van der Waals surface area contributed by atoms with Gasteiger partial charge in [-0.1, -0.05) is 0 Å². The van der Waals surface area contributed by atoms with Crippen LogP contribution in [0.15, 0.2) is 21.3 Å². The first-order valence-corrected chi connectivity index (χ1v) is 8.57. The Hall–Kier alpha value is -2.63. The van der Waals surface area contributed by atoms with Gasteiger partial charge in [0, 0.05) is 11.5 Å². The third-order valence-corrected chi connectivity index (χ3v) is 4.81. The molecule has 0 spiro atoms. The van der Waals surface area contributed by atoms with Gasteiger partial charge in [-0.25, -0.2) is 9.78 Å². The molecule has 1 aliphatic carbocycles. The van der Waals surface area contributed by atoms with Gasteiger partial charge in [-0.3, -0.25) is 5.10 Å². The maximum absolute atomic E-state index is 12.0. The van der Waals surface area contributed by atoms with Crippen molar-refractivity contribution in [3.63, 3.8) is 0 Å². The van der Waals surface area contributed by atoms with Gasteiger partial charge in [0.2, 0.25) is 0 Å². The number of ether oxygens (including phenoxy) is 1. The summed E-state index contributed by atoms with van der Waals surface area (Å²) in [5.41, 5.74) is 2.68. The summed E-state index contributed by atoms with van der Waals surface area (Å²) >= 11 is 0. The van der Waals surface area contributed by atoms with E-state index in [9.17, 15) is 4.79 Å². The largest absolute Gasteiger partial charge is 0.482 e. The van der Waals surface area contributed by atoms with Crippen LogP contribution in [0.25, 0.3) is 11.0 Å². The van der Waals surface area contributed by atoms with Gasteiger partial charge in [-0.2, -0.15) is 5.10 Å². The lowest BCUT2D eigenvalue weighted by atomic mass is 10.0. The molecular formula is C19H21N3O3. The second-order valence-corrected chi connectivity index (χ2v) is 6.89. The summed E-state index contributed by atoms with van der Waals surface area (Å²) < 4.78 is 11.6. The lowest BCUT2D eigenvalue weighted by molar-refractivity contribution is 0.219. The summed E-state index contributed by atoms with van der Waals surface area (Å²) in [6, 6.07) is 3.82. The fourth-order valence-electron chi connectivity index (χ4n) is 3.03. The molecule has 1 atom stereocenters. The van der Waals surface area contributed by atoms with Crippen molar-refractivity contribution in [3.8, 4) is 5.75 Å². The van der Waals surface area contributed by atoms with Gasteiger partial charge in [0.1, 0.15) is 17.2 Å². The van der Waals surface area contributed by atoms with Gasteiger partial charge in [0.05, 0.1) is 5.39 Å². The van der Waals surface area contributed by atoms with Crippen molar-refractivity contribution < 1.29 is 9.15 Å². The van der Waals surface area contributed by atoms with Gasteiger partial charge < -0.3 is 9.15 Å². The Balaban J connectivity index is 1.74. The van der Waals surface area contributed by atoms with Gasteiger partial charge >= 0.3 is 5.63 Å². The lowest BCUT2D eigenvalue weighted by Crippen LogP contribution is -2.09. The summed E-state index contributed by atoms with van der Waals surface area (Å²) in [5, 5.41) is 8.13. The van der Waals surface area contributed by atoms with Crippen LogP contribution >= 0.6 is 0 Å². The molecule has 0 radical (unpaired) electrons. The maximum Gasteiger partial charge on any atom is 0.339 e. The summed E-state index contributed by atoms with van der Waals surface area (Å²) in [6.45, 7) is 7.56. The molecule has 25 heavy (non-hydrogen) atoms. The van der Waals surface area contributed by atoms with Crippen LogP contribution in [-0.2, 0) is 0 Å². The van der Waals surface area contributed by atoms with Crippen molar-refractivity contribution in [2.75, 3.05) is 0 Å². The van der Waals surface area contributed by atoms with Crippen molar-refractivity contribution in [1.29, 1.82) is 0 Å². The van der Waals surface area contributed by atoms with Gasteiger partial charge in [-0.15, -0.1) is 0 Å². The maximum atomic E-state index is 12.0. The van der Waals surface area contributed by atoms with E-state index in [0.29, 0.717) is 28.6 Å². The van der Waals surface area contributed by atoms with E-state index in [1.54, 1.807) is 6.92 Å². The smallest absolute Gasteiger partial charge is 0.339 e. The third-order valence-electron chi connectivity index (χ3n) is 4.81. The molecule has 0 bridgehead atoms. The third kappa shape index (κ3) is 2.81. The second kappa shape index (κ2) is 5.72. The van der Waals surface area contributed by atoms with Crippen LogP contribution in [0.1, 0.15) is 60.1 Å². The molecule has 0 saturated heterocycles. The SMILES string of the molecule is Cc1cc(OC(C)c2n[nH]c(C3CC3)n2)c2c(C)c(C)c(=O)oc2c1. The van der Waals surface area contributed by atoms with Gasteiger partial charge in [0.15, 0.2) is 11.9 Å². The number of hydrogen-bond acceptors (Lipinski definition) is 5. The van der Waals surface area contributed by atoms with E-state index in [-0.39, 0.29) is 11.7 Å².